The smallest absolute Gasteiger partial charge is 0.224 e. The number of rotatable bonds is 4. The molecule has 1 unspecified atom stereocenters. The summed E-state index contributed by atoms with van der Waals surface area (Å²) in [6.45, 7) is 0.567. The third-order valence-corrected chi connectivity index (χ3v) is 5.64. The summed E-state index contributed by atoms with van der Waals surface area (Å²) in [6.07, 6.45) is 0.567. The van der Waals surface area contributed by atoms with E-state index in [1.807, 2.05) is 59.5 Å². The lowest BCUT2D eigenvalue weighted by Crippen LogP contribution is -2.36. The summed E-state index contributed by atoms with van der Waals surface area (Å²) in [7, 11) is 1.65. The van der Waals surface area contributed by atoms with Gasteiger partial charge in [0.15, 0.2) is 0 Å². The van der Waals surface area contributed by atoms with Crippen LogP contribution in [0.1, 0.15) is 23.1 Å². The van der Waals surface area contributed by atoms with Crippen molar-refractivity contribution in [3.8, 4) is 5.75 Å². The maximum Gasteiger partial charge on any atom is 0.224 e. The van der Waals surface area contributed by atoms with Gasteiger partial charge in [0.25, 0.3) is 0 Å². The first-order valence-corrected chi connectivity index (χ1v) is 9.32. The molecule has 1 aliphatic rings. The minimum Gasteiger partial charge on any atom is -0.497 e. The van der Waals surface area contributed by atoms with Crippen molar-refractivity contribution in [1.82, 2.24) is 4.90 Å². The number of furan rings is 1. The van der Waals surface area contributed by atoms with E-state index in [0.29, 0.717) is 13.0 Å². The summed E-state index contributed by atoms with van der Waals surface area (Å²) in [4.78, 5) is 14.5. The SMILES string of the molecule is COc1ccc(CN2C(=O)CCSC2c2cc3ccccc3o2)cc1. The Kier molecular flexibility index (Phi) is 4.40. The Balaban J connectivity index is 1.63. The molecular weight excluding hydrogens is 334 g/mol. The third-order valence-electron chi connectivity index (χ3n) is 4.40. The molecule has 0 spiro atoms. The molecule has 2 aromatic carbocycles. The minimum atomic E-state index is -0.0873. The second kappa shape index (κ2) is 6.84. The molecule has 0 N–H and O–H groups in total. The molecule has 1 amide bonds. The molecule has 1 saturated heterocycles. The second-order valence-electron chi connectivity index (χ2n) is 6.03. The van der Waals surface area contributed by atoms with Crippen molar-refractivity contribution in [3.05, 3.63) is 65.9 Å². The third kappa shape index (κ3) is 3.24. The van der Waals surface area contributed by atoms with Crippen molar-refractivity contribution < 1.29 is 13.9 Å². The van der Waals surface area contributed by atoms with Gasteiger partial charge in [-0.1, -0.05) is 30.3 Å². The van der Waals surface area contributed by atoms with Crippen LogP contribution in [0, 0.1) is 0 Å². The molecule has 3 aromatic rings. The topological polar surface area (TPSA) is 42.7 Å². The number of benzene rings is 2. The van der Waals surface area contributed by atoms with Gasteiger partial charge in [-0.25, -0.2) is 0 Å². The van der Waals surface area contributed by atoms with Gasteiger partial charge in [-0.3, -0.25) is 4.79 Å². The predicted molar refractivity (Wildman–Crippen MR) is 99.6 cm³/mol. The van der Waals surface area contributed by atoms with Gasteiger partial charge >= 0.3 is 0 Å². The van der Waals surface area contributed by atoms with E-state index in [2.05, 4.69) is 0 Å². The largest absolute Gasteiger partial charge is 0.497 e. The Hall–Kier alpha value is -2.40. The Morgan fingerprint density at radius 3 is 2.76 bits per heavy atom. The number of carbonyl (C=O) groups is 1. The highest BCUT2D eigenvalue weighted by Gasteiger charge is 2.32. The van der Waals surface area contributed by atoms with Crippen LogP contribution in [0.25, 0.3) is 11.0 Å². The molecular formula is C20H19NO3S. The van der Waals surface area contributed by atoms with Crippen LogP contribution in [-0.2, 0) is 11.3 Å². The average Bonchev–Trinajstić information content (AvgIpc) is 3.08. The van der Waals surface area contributed by atoms with Crippen molar-refractivity contribution in [1.29, 1.82) is 0 Å². The number of nitrogens with zero attached hydrogens (tertiary/aromatic N) is 1. The van der Waals surface area contributed by atoms with Gasteiger partial charge in [-0.15, -0.1) is 11.8 Å². The van der Waals surface area contributed by atoms with E-state index in [4.69, 9.17) is 9.15 Å². The summed E-state index contributed by atoms with van der Waals surface area (Å²) in [5.74, 6) is 2.64. The number of methoxy groups -OCH3 is 1. The molecule has 5 heteroatoms. The van der Waals surface area contributed by atoms with Gasteiger partial charge in [0, 0.05) is 24.1 Å². The normalized spacial score (nSPS) is 17.9. The van der Waals surface area contributed by atoms with Crippen LogP contribution in [0.15, 0.2) is 59.0 Å². The first-order valence-electron chi connectivity index (χ1n) is 8.27. The number of hydrogen-bond acceptors (Lipinski definition) is 4. The summed E-state index contributed by atoms with van der Waals surface area (Å²) < 4.78 is 11.2. The molecule has 0 aliphatic carbocycles. The van der Waals surface area contributed by atoms with E-state index in [9.17, 15) is 4.79 Å². The van der Waals surface area contributed by atoms with E-state index in [-0.39, 0.29) is 11.3 Å². The summed E-state index contributed by atoms with van der Waals surface area (Å²) in [5.41, 5.74) is 1.94. The summed E-state index contributed by atoms with van der Waals surface area (Å²) in [5, 5.41) is 0.983. The zero-order valence-corrected chi connectivity index (χ0v) is 14.8. The van der Waals surface area contributed by atoms with E-state index in [1.54, 1.807) is 18.9 Å². The predicted octanol–water partition coefficient (Wildman–Crippen LogP) is 4.61. The van der Waals surface area contributed by atoms with Crippen LogP contribution in [0.5, 0.6) is 5.75 Å². The van der Waals surface area contributed by atoms with Crippen molar-refractivity contribution in [2.24, 2.45) is 0 Å². The Labute approximate surface area is 150 Å². The fraction of sp³-hybridized carbons (Fsp3) is 0.250. The molecule has 25 heavy (non-hydrogen) atoms. The number of ether oxygens (including phenoxy) is 1. The molecule has 0 saturated carbocycles. The number of thioether (sulfide) groups is 1. The Bertz CT molecular complexity index is 854. The van der Waals surface area contributed by atoms with Gasteiger partial charge in [-0.2, -0.15) is 0 Å². The summed E-state index contributed by atoms with van der Waals surface area (Å²) >= 11 is 1.76. The van der Waals surface area contributed by atoms with Crippen molar-refractivity contribution in [3.63, 3.8) is 0 Å². The highest BCUT2D eigenvalue weighted by molar-refractivity contribution is 7.99. The fourth-order valence-corrected chi connectivity index (χ4v) is 4.25. The zero-order valence-electron chi connectivity index (χ0n) is 14.0. The molecule has 2 heterocycles. The van der Waals surface area contributed by atoms with Gasteiger partial charge < -0.3 is 14.1 Å². The lowest BCUT2D eigenvalue weighted by Gasteiger charge is -2.34. The van der Waals surface area contributed by atoms with Crippen molar-refractivity contribution >= 4 is 28.6 Å². The van der Waals surface area contributed by atoms with E-state index < -0.39 is 0 Å². The number of hydrogen-bond donors (Lipinski definition) is 0. The molecule has 0 radical (unpaired) electrons. The standard InChI is InChI=1S/C20H19NO3S/c1-23-16-8-6-14(7-9-16)13-21-19(22)10-11-25-20(21)18-12-15-4-2-3-5-17(15)24-18/h2-9,12,20H,10-11,13H2,1H3. The number of carbonyl (C=O) groups excluding carboxylic acids is 1. The van der Waals surface area contributed by atoms with Crippen molar-refractivity contribution in [2.75, 3.05) is 12.9 Å². The van der Waals surface area contributed by atoms with Crippen LogP contribution in [0.2, 0.25) is 0 Å². The zero-order chi connectivity index (χ0) is 17.2. The molecule has 0 bridgehead atoms. The Morgan fingerprint density at radius 2 is 2.00 bits per heavy atom. The maximum atomic E-state index is 12.6. The quantitative estimate of drug-likeness (QED) is 0.687. The van der Waals surface area contributed by atoms with E-state index >= 15 is 0 Å². The monoisotopic (exact) mass is 353 g/mol. The van der Waals surface area contributed by atoms with Crippen LogP contribution >= 0.6 is 11.8 Å². The van der Waals surface area contributed by atoms with E-state index in [1.165, 1.54) is 0 Å². The lowest BCUT2D eigenvalue weighted by molar-refractivity contribution is -0.133. The molecule has 1 aromatic heterocycles. The molecule has 1 atom stereocenters. The number of para-hydroxylation sites is 1. The molecule has 4 nitrogen and oxygen atoms in total. The van der Waals surface area contributed by atoms with E-state index in [0.717, 1.165) is 33.8 Å². The number of amides is 1. The number of fused-ring (bicyclic) bond motifs is 1. The van der Waals surface area contributed by atoms with Gasteiger partial charge in [0.2, 0.25) is 5.91 Å². The van der Waals surface area contributed by atoms with Gasteiger partial charge in [-0.05, 0) is 29.8 Å². The molecule has 128 valence electrons. The van der Waals surface area contributed by atoms with Crippen molar-refractivity contribution in [2.45, 2.75) is 18.3 Å². The summed E-state index contributed by atoms with van der Waals surface area (Å²) in [6, 6.07) is 17.8. The van der Waals surface area contributed by atoms with Crippen LogP contribution in [-0.4, -0.2) is 23.7 Å². The molecule has 1 aliphatic heterocycles. The average molecular weight is 353 g/mol. The lowest BCUT2D eigenvalue weighted by atomic mass is 10.2. The fourth-order valence-electron chi connectivity index (χ4n) is 3.08. The minimum absolute atomic E-state index is 0.0873. The van der Waals surface area contributed by atoms with Crippen LogP contribution < -0.4 is 4.74 Å². The van der Waals surface area contributed by atoms with Gasteiger partial charge in [0.05, 0.1) is 7.11 Å². The van der Waals surface area contributed by atoms with Crippen LogP contribution in [0.4, 0.5) is 0 Å². The highest BCUT2D eigenvalue weighted by atomic mass is 32.2. The maximum absolute atomic E-state index is 12.6. The van der Waals surface area contributed by atoms with Gasteiger partial charge in [0.1, 0.15) is 22.5 Å². The second-order valence-corrected chi connectivity index (χ2v) is 7.22. The highest BCUT2D eigenvalue weighted by Crippen LogP contribution is 2.40. The first kappa shape index (κ1) is 16.1. The molecule has 4 rings (SSSR count). The van der Waals surface area contributed by atoms with Crippen LogP contribution in [0.3, 0.4) is 0 Å². The first-order chi connectivity index (χ1) is 12.2. The molecule has 1 fully saturated rings. The Morgan fingerprint density at radius 1 is 1.20 bits per heavy atom.